The fourth-order valence-corrected chi connectivity index (χ4v) is 2.40. The van der Waals surface area contributed by atoms with Gasteiger partial charge in [-0.1, -0.05) is 25.4 Å². The maximum Gasteiger partial charge on any atom is 0.221 e. The highest BCUT2D eigenvalue weighted by molar-refractivity contribution is 9.10. The lowest BCUT2D eigenvalue weighted by atomic mass is 10.3. The van der Waals surface area contributed by atoms with E-state index in [1.54, 1.807) is 12.1 Å². The van der Waals surface area contributed by atoms with E-state index in [4.69, 9.17) is 16.3 Å². The summed E-state index contributed by atoms with van der Waals surface area (Å²) < 4.78 is 6.33. The second-order valence-corrected chi connectivity index (χ2v) is 5.47. The SMILES string of the molecule is Br.CCN(CC)CCOc1ccc(NC(C)=O)c(Br)c1Cl. The number of rotatable bonds is 7. The molecule has 0 aromatic heterocycles. The molecule has 0 saturated carbocycles. The van der Waals surface area contributed by atoms with Gasteiger partial charge in [0.2, 0.25) is 5.91 Å². The minimum absolute atomic E-state index is 0. The molecule has 4 nitrogen and oxygen atoms in total. The molecule has 0 aliphatic heterocycles. The summed E-state index contributed by atoms with van der Waals surface area (Å²) in [5, 5.41) is 3.17. The maximum atomic E-state index is 11.1. The largest absolute Gasteiger partial charge is 0.491 e. The maximum absolute atomic E-state index is 11.1. The number of hydrogen-bond donors (Lipinski definition) is 1. The first-order valence-electron chi connectivity index (χ1n) is 6.60. The standard InChI is InChI=1S/C14H20BrClN2O2.BrH/c1-4-18(5-2)8-9-20-12-7-6-11(17-10(3)19)13(15)14(12)16;/h6-7H,4-5,8-9H2,1-3H3,(H,17,19);1H. The fraction of sp³-hybridized carbons (Fsp3) is 0.500. The zero-order valence-corrected chi connectivity index (χ0v) is 16.5. The van der Waals surface area contributed by atoms with E-state index in [1.807, 2.05) is 0 Å². The van der Waals surface area contributed by atoms with Gasteiger partial charge in [0, 0.05) is 13.5 Å². The van der Waals surface area contributed by atoms with Gasteiger partial charge in [-0.15, -0.1) is 17.0 Å². The van der Waals surface area contributed by atoms with Crippen LogP contribution in [-0.4, -0.2) is 37.0 Å². The van der Waals surface area contributed by atoms with Crippen LogP contribution in [0.1, 0.15) is 20.8 Å². The van der Waals surface area contributed by atoms with Crippen LogP contribution in [0.4, 0.5) is 5.69 Å². The van der Waals surface area contributed by atoms with Crippen molar-refractivity contribution in [2.75, 3.05) is 31.6 Å². The number of carbonyl (C=O) groups is 1. The van der Waals surface area contributed by atoms with Gasteiger partial charge in [0.15, 0.2) is 0 Å². The number of likely N-dealkylation sites (N-methyl/N-ethyl adjacent to an activating group) is 1. The van der Waals surface area contributed by atoms with E-state index in [2.05, 4.69) is 40.0 Å². The summed E-state index contributed by atoms with van der Waals surface area (Å²) in [5.74, 6) is 0.469. The van der Waals surface area contributed by atoms with Crippen molar-refractivity contribution in [3.63, 3.8) is 0 Å². The first-order chi connectivity index (χ1) is 9.49. The molecule has 0 saturated heterocycles. The Hall–Kier alpha value is -0.300. The second-order valence-electron chi connectivity index (χ2n) is 4.30. The molecule has 1 rings (SSSR count). The highest BCUT2D eigenvalue weighted by Gasteiger charge is 2.11. The van der Waals surface area contributed by atoms with Crippen LogP contribution in [0.3, 0.4) is 0 Å². The van der Waals surface area contributed by atoms with Gasteiger partial charge in [-0.3, -0.25) is 4.79 Å². The van der Waals surface area contributed by atoms with E-state index in [9.17, 15) is 4.79 Å². The van der Waals surface area contributed by atoms with Gasteiger partial charge in [0.25, 0.3) is 0 Å². The Morgan fingerprint density at radius 3 is 2.52 bits per heavy atom. The van der Waals surface area contributed by atoms with E-state index < -0.39 is 0 Å². The number of amides is 1. The summed E-state index contributed by atoms with van der Waals surface area (Å²) in [6.07, 6.45) is 0. The molecule has 0 fully saturated rings. The molecule has 0 aliphatic carbocycles. The van der Waals surface area contributed by atoms with E-state index in [0.29, 0.717) is 27.5 Å². The van der Waals surface area contributed by atoms with E-state index >= 15 is 0 Å². The minimum Gasteiger partial charge on any atom is -0.491 e. The van der Waals surface area contributed by atoms with Crippen LogP contribution in [0.15, 0.2) is 16.6 Å². The minimum atomic E-state index is -0.142. The summed E-state index contributed by atoms with van der Waals surface area (Å²) in [6.45, 7) is 9.12. The third-order valence-electron chi connectivity index (χ3n) is 2.92. The second kappa shape index (κ2) is 10.4. The van der Waals surface area contributed by atoms with Crippen molar-refractivity contribution in [2.45, 2.75) is 20.8 Å². The van der Waals surface area contributed by atoms with E-state index in [1.165, 1.54) is 6.92 Å². The number of halogens is 3. The summed E-state index contributed by atoms with van der Waals surface area (Å²) in [5.41, 5.74) is 0.638. The predicted molar refractivity (Wildman–Crippen MR) is 97.1 cm³/mol. The number of ether oxygens (including phenoxy) is 1. The molecule has 0 spiro atoms. The molecule has 1 amide bonds. The Morgan fingerprint density at radius 2 is 2.00 bits per heavy atom. The number of anilines is 1. The van der Waals surface area contributed by atoms with Crippen LogP contribution in [0.25, 0.3) is 0 Å². The Morgan fingerprint density at radius 1 is 1.38 bits per heavy atom. The summed E-state index contributed by atoms with van der Waals surface area (Å²) in [4.78, 5) is 13.3. The zero-order valence-electron chi connectivity index (χ0n) is 12.4. The molecular formula is C14H21Br2ClN2O2. The van der Waals surface area contributed by atoms with Crippen molar-refractivity contribution < 1.29 is 9.53 Å². The van der Waals surface area contributed by atoms with Crippen LogP contribution in [0, 0.1) is 0 Å². The van der Waals surface area contributed by atoms with Crippen molar-refractivity contribution in [1.82, 2.24) is 4.90 Å². The van der Waals surface area contributed by atoms with Crippen molar-refractivity contribution >= 4 is 56.1 Å². The molecule has 1 aromatic carbocycles. The normalized spacial score (nSPS) is 10.2. The van der Waals surface area contributed by atoms with Crippen LogP contribution < -0.4 is 10.1 Å². The molecule has 0 aliphatic rings. The van der Waals surface area contributed by atoms with Crippen LogP contribution in [-0.2, 0) is 4.79 Å². The average molecular weight is 445 g/mol. The molecule has 1 aromatic rings. The zero-order chi connectivity index (χ0) is 15.1. The quantitative estimate of drug-likeness (QED) is 0.680. The summed E-state index contributed by atoms with van der Waals surface area (Å²) in [6, 6.07) is 3.53. The predicted octanol–water partition coefficient (Wildman–Crippen LogP) is 4.36. The Balaban J connectivity index is 0.00000400. The highest BCUT2D eigenvalue weighted by atomic mass is 79.9. The molecule has 0 heterocycles. The number of carbonyl (C=O) groups excluding carboxylic acids is 1. The van der Waals surface area contributed by atoms with Gasteiger partial charge in [-0.25, -0.2) is 0 Å². The van der Waals surface area contributed by atoms with Crippen LogP contribution >= 0.6 is 44.5 Å². The molecular weight excluding hydrogens is 423 g/mol. The van der Waals surface area contributed by atoms with Gasteiger partial charge < -0.3 is 15.0 Å². The first-order valence-corrected chi connectivity index (χ1v) is 7.77. The Bertz CT molecular complexity index is 469. The lowest BCUT2D eigenvalue weighted by Gasteiger charge is -2.18. The topological polar surface area (TPSA) is 41.6 Å². The number of hydrogen-bond acceptors (Lipinski definition) is 3. The number of nitrogens with zero attached hydrogens (tertiary/aromatic N) is 1. The number of nitrogens with one attached hydrogen (secondary N) is 1. The van der Waals surface area contributed by atoms with Crippen LogP contribution in [0.5, 0.6) is 5.75 Å². The average Bonchev–Trinajstić information content (AvgIpc) is 2.42. The summed E-state index contributed by atoms with van der Waals surface area (Å²) in [7, 11) is 0. The molecule has 21 heavy (non-hydrogen) atoms. The van der Waals surface area contributed by atoms with Gasteiger partial charge in [0.05, 0.1) is 15.2 Å². The van der Waals surface area contributed by atoms with E-state index in [0.717, 1.165) is 19.6 Å². The molecule has 0 radical (unpaired) electrons. The van der Waals surface area contributed by atoms with Gasteiger partial charge in [-0.05, 0) is 41.2 Å². The van der Waals surface area contributed by atoms with Crippen molar-refractivity contribution in [2.24, 2.45) is 0 Å². The number of benzene rings is 1. The van der Waals surface area contributed by atoms with Crippen molar-refractivity contribution in [3.8, 4) is 5.75 Å². The highest BCUT2D eigenvalue weighted by Crippen LogP contribution is 2.37. The van der Waals surface area contributed by atoms with Crippen molar-refractivity contribution in [3.05, 3.63) is 21.6 Å². The molecule has 0 bridgehead atoms. The molecule has 0 unspecified atom stereocenters. The lowest BCUT2D eigenvalue weighted by Crippen LogP contribution is -2.27. The lowest BCUT2D eigenvalue weighted by molar-refractivity contribution is -0.114. The smallest absolute Gasteiger partial charge is 0.221 e. The van der Waals surface area contributed by atoms with Gasteiger partial charge in [0.1, 0.15) is 12.4 Å². The third kappa shape index (κ3) is 6.55. The summed E-state index contributed by atoms with van der Waals surface area (Å²) >= 11 is 9.60. The third-order valence-corrected chi connectivity index (χ3v) is 4.34. The van der Waals surface area contributed by atoms with Crippen molar-refractivity contribution in [1.29, 1.82) is 0 Å². The Labute approximate surface area is 150 Å². The van der Waals surface area contributed by atoms with Crippen LogP contribution in [0.2, 0.25) is 5.02 Å². The van der Waals surface area contributed by atoms with E-state index in [-0.39, 0.29) is 22.9 Å². The molecule has 0 atom stereocenters. The van der Waals surface area contributed by atoms with Gasteiger partial charge >= 0.3 is 0 Å². The van der Waals surface area contributed by atoms with Gasteiger partial charge in [-0.2, -0.15) is 0 Å². The molecule has 120 valence electrons. The molecule has 7 heteroatoms. The molecule has 1 N–H and O–H groups in total. The Kier molecular flexibility index (Phi) is 10.3. The monoisotopic (exact) mass is 442 g/mol. The first kappa shape index (κ1) is 20.7. The fourth-order valence-electron chi connectivity index (χ4n) is 1.75.